The molecule has 1 amide bonds. The Hall–Kier alpha value is -4.11. The van der Waals surface area contributed by atoms with Crippen LogP contribution in [0.4, 0.5) is 9.18 Å². The van der Waals surface area contributed by atoms with Crippen molar-refractivity contribution < 1.29 is 38.0 Å². The minimum absolute atomic E-state index is 0.220. The number of hydrogen-bond acceptors (Lipinski definition) is 6. The van der Waals surface area contributed by atoms with Gasteiger partial charge in [-0.25, -0.2) is 14.0 Å². The Morgan fingerprint density at radius 1 is 0.846 bits per heavy atom. The summed E-state index contributed by atoms with van der Waals surface area (Å²) in [7, 11) is 0. The maximum absolute atomic E-state index is 13.1. The molecule has 8 nitrogen and oxygen atoms in total. The predicted octanol–water partition coefficient (Wildman–Crippen LogP) is 5.52. The fourth-order valence-electron chi connectivity index (χ4n) is 3.67. The van der Waals surface area contributed by atoms with Crippen molar-refractivity contribution >= 4 is 12.1 Å². The highest BCUT2D eigenvalue weighted by molar-refractivity contribution is 5.72. The molecule has 0 spiro atoms. The molecule has 0 saturated carbocycles. The van der Waals surface area contributed by atoms with Gasteiger partial charge in [-0.2, -0.15) is 0 Å². The van der Waals surface area contributed by atoms with E-state index < -0.39 is 18.2 Å². The average molecular weight is 540 g/mol. The Bertz CT molecular complexity index is 1170. The van der Waals surface area contributed by atoms with E-state index in [0.29, 0.717) is 43.4 Å². The highest BCUT2D eigenvalue weighted by atomic mass is 19.1. The van der Waals surface area contributed by atoms with Crippen LogP contribution in [0.5, 0.6) is 17.2 Å². The number of aliphatic carboxylic acids is 1. The zero-order valence-corrected chi connectivity index (χ0v) is 22.2. The van der Waals surface area contributed by atoms with Gasteiger partial charge < -0.3 is 29.0 Å². The van der Waals surface area contributed by atoms with E-state index in [0.717, 1.165) is 11.1 Å². The van der Waals surface area contributed by atoms with Crippen LogP contribution in [0.2, 0.25) is 0 Å². The summed E-state index contributed by atoms with van der Waals surface area (Å²) >= 11 is 0. The van der Waals surface area contributed by atoms with Crippen LogP contribution in [-0.4, -0.2) is 61.1 Å². The third-order valence-corrected chi connectivity index (χ3v) is 5.76. The number of ether oxygens (including phenoxy) is 4. The number of carbonyl (C=O) groups is 2. The van der Waals surface area contributed by atoms with Crippen LogP contribution in [0.1, 0.15) is 24.5 Å². The van der Waals surface area contributed by atoms with Gasteiger partial charge >= 0.3 is 12.1 Å². The Labute approximate surface area is 227 Å². The second-order valence-corrected chi connectivity index (χ2v) is 8.80. The lowest BCUT2D eigenvalue weighted by atomic mass is 10.1. The molecular formula is C30H34FNO7. The smallest absolute Gasteiger partial charge is 0.415 e. The summed E-state index contributed by atoms with van der Waals surface area (Å²) < 4.78 is 35.4. The van der Waals surface area contributed by atoms with E-state index in [1.54, 1.807) is 60.4 Å². The lowest BCUT2D eigenvalue weighted by Gasteiger charge is -2.22. The Balaban J connectivity index is 1.53. The molecule has 39 heavy (non-hydrogen) atoms. The van der Waals surface area contributed by atoms with Gasteiger partial charge in [0.25, 0.3) is 0 Å². The van der Waals surface area contributed by atoms with Gasteiger partial charge in [-0.05, 0) is 74.4 Å². The predicted molar refractivity (Wildman–Crippen MR) is 144 cm³/mol. The topological polar surface area (TPSA) is 94.5 Å². The first kappa shape index (κ1) is 29.4. The van der Waals surface area contributed by atoms with Gasteiger partial charge in [0.1, 0.15) is 29.7 Å². The second-order valence-electron chi connectivity index (χ2n) is 8.80. The molecule has 208 valence electrons. The fourth-order valence-corrected chi connectivity index (χ4v) is 3.67. The van der Waals surface area contributed by atoms with Gasteiger partial charge in [-0.15, -0.1) is 0 Å². The summed E-state index contributed by atoms with van der Waals surface area (Å²) in [6.07, 6.45) is -0.626. The molecule has 3 aromatic rings. The number of amides is 1. The molecule has 9 heteroatoms. The summed E-state index contributed by atoms with van der Waals surface area (Å²) in [5.74, 6) is 0.248. The monoisotopic (exact) mass is 539 g/mol. The van der Waals surface area contributed by atoms with E-state index in [4.69, 9.17) is 18.9 Å². The standard InChI is InChI=1S/C30H34FNO7/c1-3-36-28(29(33)34)21-23-7-13-25(14-8-23)38-20-18-32(30(35)39-27-11-5-22(2)6-12-27)17-4-19-37-26-15-9-24(31)10-16-26/h5-16,28H,3-4,17-21H2,1-2H3,(H,33,34). The highest BCUT2D eigenvalue weighted by Gasteiger charge is 2.18. The van der Waals surface area contributed by atoms with Gasteiger partial charge in [0.15, 0.2) is 6.10 Å². The Morgan fingerprint density at radius 2 is 1.44 bits per heavy atom. The first-order valence-corrected chi connectivity index (χ1v) is 12.8. The van der Waals surface area contributed by atoms with Crippen molar-refractivity contribution in [2.24, 2.45) is 0 Å². The molecular weight excluding hydrogens is 505 g/mol. The van der Waals surface area contributed by atoms with Crippen molar-refractivity contribution in [1.82, 2.24) is 4.90 Å². The van der Waals surface area contributed by atoms with Gasteiger partial charge in [0.2, 0.25) is 0 Å². The van der Waals surface area contributed by atoms with Gasteiger partial charge in [-0.1, -0.05) is 29.8 Å². The number of nitrogens with zero attached hydrogens (tertiary/aromatic N) is 1. The van der Waals surface area contributed by atoms with E-state index in [9.17, 15) is 19.1 Å². The van der Waals surface area contributed by atoms with Crippen LogP contribution in [0, 0.1) is 12.7 Å². The summed E-state index contributed by atoms with van der Waals surface area (Å²) in [6.45, 7) is 5.22. The van der Waals surface area contributed by atoms with Gasteiger partial charge in [0.05, 0.1) is 13.2 Å². The molecule has 0 radical (unpaired) electrons. The molecule has 0 bridgehead atoms. The number of rotatable bonds is 15. The lowest BCUT2D eigenvalue weighted by Crippen LogP contribution is -2.38. The minimum atomic E-state index is -1.00. The number of aryl methyl sites for hydroxylation is 1. The normalized spacial score (nSPS) is 11.5. The number of carboxylic acid groups (broad SMARTS) is 1. The quantitative estimate of drug-likeness (QED) is 0.254. The minimum Gasteiger partial charge on any atom is -0.494 e. The van der Waals surface area contributed by atoms with Gasteiger partial charge in [-0.3, -0.25) is 0 Å². The SMILES string of the molecule is CCOC(Cc1ccc(OCCN(CCCOc2ccc(F)cc2)C(=O)Oc2ccc(C)cc2)cc1)C(=O)O. The fraction of sp³-hybridized carbons (Fsp3) is 0.333. The third kappa shape index (κ3) is 10.3. The third-order valence-electron chi connectivity index (χ3n) is 5.76. The van der Waals surface area contributed by atoms with E-state index in [-0.39, 0.29) is 25.4 Å². The largest absolute Gasteiger partial charge is 0.494 e. The molecule has 0 aliphatic carbocycles. The maximum Gasteiger partial charge on any atom is 0.415 e. The average Bonchev–Trinajstić information content (AvgIpc) is 2.92. The molecule has 0 saturated heterocycles. The Kier molecular flexibility index (Phi) is 11.6. The van der Waals surface area contributed by atoms with Gasteiger partial charge in [0, 0.05) is 19.6 Å². The molecule has 0 aliphatic rings. The number of halogens is 1. The molecule has 0 fully saturated rings. The highest BCUT2D eigenvalue weighted by Crippen LogP contribution is 2.16. The van der Waals surface area contributed by atoms with Crippen LogP contribution >= 0.6 is 0 Å². The van der Waals surface area contributed by atoms with E-state index in [1.807, 2.05) is 19.1 Å². The summed E-state index contributed by atoms with van der Waals surface area (Å²) in [5, 5.41) is 9.27. The first-order chi connectivity index (χ1) is 18.8. The lowest BCUT2D eigenvalue weighted by molar-refractivity contribution is -0.149. The zero-order valence-electron chi connectivity index (χ0n) is 22.2. The molecule has 3 rings (SSSR count). The first-order valence-electron chi connectivity index (χ1n) is 12.8. The molecule has 1 N–H and O–H groups in total. The number of hydrogen-bond donors (Lipinski definition) is 1. The molecule has 1 unspecified atom stereocenters. The van der Waals surface area contributed by atoms with Crippen LogP contribution in [0.25, 0.3) is 0 Å². The molecule has 3 aromatic carbocycles. The summed E-state index contributed by atoms with van der Waals surface area (Å²) in [6, 6.07) is 20.1. The zero-order chi connectivity index (χ0) is 28.0. The maximum atomic E-state index is 13.1. The van der Waals surface area contributed by atoms with Crippen LogP contribution in [-0.2, 0) is 16.0 Å². The van der Waals surface area contributed by atoms with Crippen molar-refractivity contribution in [3.8, 4) is 17.2 Å². The molecule has 0 aromatic heterocycles. The second kappa shape index (κ2) is 15.3. The number of carboxylic acids is 1. The van der Waals surface area contributed by atoms with Crippen molar-refractivity contribution in [3.63, 3.8) is 0 Å². The number of carbonyl (C=O) groups excluding carboxylic acids is 1. The van der Waals surface area contributed by atoms with Crippen molar-refractivity contribution in [2.45, 2.75) is 32.8 Å². The number of benzene rings is 3. The molecule has 1 atom stereocenters. The van der Waals surface area contributed by atoms with E-state index in [1.165, 1.54) is 12.1 Å². The molecule has 0 aliphatic heterocycles. The van der Waals surface area contributed by atoms with Crippen LogP contribution in [0.15, 0.2) is 72.8 Å². The van der Waals surface area contributed by atoms with Crippen molar-refractivity contribution in [2.75, 3.05) is 32.9 Å². The van der Waals surface area contributed by atoms with E-state index >= 15 is 0 Å². The summed E-state index contributed by atoms with van der Waals surface area (Å²) in [5.41, 5.74) is 1.87. The molecule has 0 heterocycles. The Morgan fingerprint density at radius 3 is 2.05 bits per heavy atom. The van der Waals surface area contributed by atoms with Crippen LogP contribution in [0.3, 0.4) is 0 Å². The summed E-state index contributed by atoms with van der Waals surface area (Å²) in [4.78, 5) is 25.8. The van der Waals surface area contributed by atoms with Crippen molar-refractivity contribution in [1.29, 1.82) is 0 Å². The van der Waals surface area contributed by atoms with Crippen molar-refractivity contribution in [3.05, 3.63) is 89.7 Å². The van der Waals surface area contributed by atoms with E-state index in [2.05, 4.69) is 0 Å². The van der Waals surface area contributed by atoms with Crippen LogP contribution < -0.4 is 14.2 Å².